The Hall–Kier alpha value is 0.540. The largest absolute Gasteiger partial charge is 0.394 e. The Labute approximate surface area is 94.7 Å². The molecule has 5 N–H and O–H groups in total. The van der Waals surface area contributed by atoms with Crippen molar-refractivity contribution < 1.29 is 15.3 Å². The molecule has 0 heterocycles. The molecule has 0 bridgehead atoms. The fourth-order valence-electron chi connectivity index (χ4n) is 0.150. The van der Waals surface area contributed by atoms with E-state index < -0.39 is 25.4 Å². The topological polar surface area (TPSA) is 86.7 Å². The Bertz CT molecular complexity index is 136. The first-order chi connectivity index (χ1) is 5.95. The quantitative estimate of drug-likeness (QED) is 0.602. The summed E-state index contributed by atoms with van der Waals surface area (Å²) in [6.07, 6.45) is 1.92. The number of rotatable bonds is 3. The number of aliphatic hydroxyl groups is 3. The van der Waals surface area contributed by atoms with Crippen LogP contribution in [-0.2, 0) is 0 Å². The van der Waals surface area contributed by atoms with Gasteiger partial charge in [-0.25, -0.2) is 0 Å². The van der Waals surface area contributed by atoms with E-state index in [9.17, 15) is 0 Å². The van der Waals surface area contributed by atoms with Crippen LogP contribution in [0, 0.1) is 0 Å². The van der Waals surface area contributed by atoms with Crippen LogP contribution in [0.1, 0.15) is 6.92 Å². The van der Waals surface area contributed by atoms with Crippen LogP contribution in [0.5, 0.6) is 0 Å². The van der Waals surface area contributed by atoms with E-state index in [2.05, 4.69) is 31.9 Å². The molecule has 0 saturated heterocycles. The highest BCUT2D eigenvalue weighted by Gasteiger charge is 2.20. The van der Waals surface area contributed by atoms with Gasteiger partial charge in [-0.1, -0.05) is 6.08 Å². The van der Waals surface area contributed by atoms with Gasteiger partial charge in [-0.2, -0.15) is 0 Å². The highest BCUT2D eigenvalue weighted by molar-refractivity contribution is 9.28. The summed E-state index contributed by atoms with van der Waals surface area (Å²) in [6.45, 7) is 0.735. The fraction of sp³-hybridized carbons (Fsp3) is 0.714. The molecule has 0 saturated carbocycles. The normalized spacial score (nSPS) is 10.1. The van der Waals surface area contributed by atoms with Crippen LogP contribution >= 0.6 is 31.9 Å². The molecule has 6 heteroatoms. The van der Waals surface area contributed by atoms with Gasteiger partial charge in [0.15, 0.2) is 0 Å². The van der Waals surface area contributed by atoms with E-state index in [1.807, 2.05) is 13.0 Å². The molecule has 0 unspecified atom stereocenters. The second kappa shape index (κ2) is 9.11. The molecule has 0 amide bonds. The second-order valence-electron chi connectivity index (χ2n) is 2.42. The number of halogens is 2. The minimum absolute atomic E-state index is 0.403. The zero-order valence-electron chi connectivity index (χ0n) is 7.37. The van der Waals surface area contributed by atoms with E-state index >= 15 is 0 Å². The van der Waals surface area contributed by atoms with Gasteiger partial charge in [-0.3, -0.25) is 0 Å². The third-order valence-electron chi connectivity index (χ3n) is 1.16. The lowest BCUT2D eigenvalue weighted by Crippen LogP contribution is -2.50. The van der Waals surface area contributed by atoms with Crippen LogP contribution in [0.15, 0.2) is 9.47 Å². The zero-order valence-corrected chi connectivity index (χ0v) is 10.5. The summed E-state index contributed by atoms with van der Waals surface area (Å²) in [6, 6.07) is 0. The molecular formula is C7H15Br2NO3. The van der Waals surface area contributed by atoms with Crippen LogP contribution in [-0.4, -0.2) is 40.7 Å². The van der Waals surface area contributed by atoms with Crippen LogP contribution in [0.3, 0.4) is 0 Å². The Morgan fingerprint density at radius 1 is 1.23 bits per heavy atom. The molecule has 0 aliphatic heterocycles. The van der Waals surface area contributed by atoms with Crippen molar-refractivity contribution in [3.05, 3.63) is 9.47 Å². The van der Waals surface area contributed by atoms with Gasteiger partial charge in [0.1, 0.15) is 0 Å². The van der Waals surface area contributed by atoms with Crippen LogP contribution in [0.25, 0.3) is 0 Å². The first-order valence-electron chi connectivity index (χ1n) is 3.54. The van der Waals surface area contributed by atoms with Crippen molar-refractivity contribution in [3.8, 4) is 0 Å². The van der Waals surface area contributed by atoms with Crippen molar-refractivity contribution in [3.63, 3.8) is 0 Å². The van der Waals surface area contributed by atoms with E-state index in [1.165, 1.54) is 0 Å². The smallest absolute Gasteiger partial charge is 0.0856 e. The van der Waals surface area contributed by atoms with Gasteiger partial charge >= 0.3 is 0 Å². The highest BCUT2D eigenvalue weighted by Crippen LogP contribution is 2.10. The van der Waals surface area contributed by atoms with Crippen molar-refractivity contribution in [2.75, 3.05) is 19.8 Å². The van der Waals surface area contributed by atoms with Crippen molar-refractivity contribution in [1.29, 1.82) is 0 Å². The van der Waals surface area contributed by atoms with E-state index in [1.54, 1.807) is 0 Å². The molecule has 0 fully saturated rings. The third-order valence-corrected chi connectivity index (χ3v) is 2.08. The molecule has 0 aliphatic carbocycles. The van der Waals surface area contributed by atoms with Crippen LogP contribution in [0.4, 0.5) is 0 Å². The molecule has 4 nitrogen and oxygen atoms in total. The number of hydrogen-bond acceptors (Lipinski definition) is 4. The summed E-state index contributed by atoms with van der Waals surface area (Å²) in [5.74, 6) is 0. The second-order valence-corrected chi connectivity index (χ2v) is 5.19. The summed E-state index contributed by atoms with van der Waals surface area (Å²) in [4.78, 5) is 0. The van der Waals surface area contributed by atoms with Crippen molar-refractivity contribution in [2.45, 2.75) is 12.5 Å². The highest BCUT2D eigenvalue weighted by atomic mass is 79.9. The van der Waals surface area contributed by atoms with E-state index in [4.69, 9.17) is 21.1 Å². The lowest BCUT2D eigenvalue weighted by atomic mass is 10.1. The maximum absolute atomic E-state index is 8.34. The van der Waals surface area contributed by atoms with Crippen molar-refractivity contribution >= 4 is 31.9 Å². The van der Waals surface area contributed by atoms with E-state index in [-0.39, 0.29) is 0 Å². The minimum atomic E-state index is -1.21. The van der Waals surface area contributed by atoms with Gasteiger partial charge in [-0.05, 0) is 38.8 Å². The Kier molecular flexibility index (Phi) is 11.2. The summed E-state index contributed by atoms with van der Waals surface area (Å²) in [5, 5.41) is 25.0. The molecule has 13 heavy (non-hydrogen) atoms. The Morgan fingerprint density at radius 3 is 1.46 bits per heavy atom. The average Bonchev–Trinajstić information content (AvgIpc) is 2.17. The predicted octanol–water partition coefficient (Wildman–Crippen LogP) is 0.298. The lowest BCUT2D eigenvalue weighted by molar-refractivity contribution is 0.0698. The third kappa shape index (κ3) is 10.5. The van der Waals surface area contributed by atoms with Gasteiger partial charge in [0.2, 0.25) is 0 Å². The van der Waals surface area contributed by atoms with Gasteiger partial charge in [-0.15, -0.1) is 0 Å². The molecule has 0 aromatic carbocycles. The molecule has 0 rings (SSSR count). The van der Waals surface area contributed by atoms with Gasteiger partial charge in [0.05, 0.1) is 28.8 Å². The monoisotopic (exact) mass is 319 g/mol. The first-order valence-corrected chi connectivity index (χ1v) is 5.13. The number of aliphatic hydroxyl groups excluding tert-OH is 3. The molecule has 80 valence electrons. The fourth-order valence-corrected chi connectivity index (χ4v) is 0.150. The minimum Gasteiger partial charge on any atom is -0.394 e. The summed E-state index contributed by atoms with van der Waals surface area (Å²) >= 11 is 6.30. The maximum atomic E-state index is 8.34. The summed E-state index contributed by atoms with van der Waals surface area (Å²) in [7, 11) is 0. The van der Waals surface area contributed by atoms with Crippen molar-refractivity contribution in [2.24, 2.45) is 5.73 Å². The summed E-state index contributed by atoms with van der Waals surface area (Å²) < 4.78 is 1.00. The summed E-state index contributed by atoms with van der Waals surface area (Å²) in [5.41, 5.74) is 3.94. The average molecular weight is 321 g/mol. The molecule has 0 aromatic heterocycles. The van der Waals surface area contributed by atoms with Crippen LogP contribution in [0.2, 0.25) is 0 Å². The maximum Gasteiger partial charge on any atom is 0.0856 e. The lowest BCUT2D eigenvalue weighted by Gasteiger charge is -2.20. The molecule has 0 radical (unpaired) electrons. The van der Waals surface area contributed by atoms with Crippen LogP contribution < -0.4 is 5.73 Å². The predicted molar refractivity (Wildman–Crippen MR) is 59.8 cm³/mol. The number of nitrogens with two attached hydrogens (primary N) is 1. The van der Waals surface area contributed by atoms with E-state index in [0.717, 1.165) is 3.39 Å². The zero-order chi connectivity index (χ0) is 10.9. The molecule has 0 aliphatic rings. The molecular weight excluding hydrogens is 306 g/mol. The molecule has 0 spiro atoms. The first kappa shape index (κ1) is 16.0. The van der Waals surface area contributed by atoms with Gasteiger partial charge < -0.3 is 21.1 Å². The van der Waals surface area contributed by atoms with Crippen molar-refractivity contribution in [1.82, 2.24) is 0 Å². The molecule has 0 atom stereocenters. The van der Waals surface area contributed by atoms with E-state index in [0.29, 0.717) is 0 Å². The van der Waals surface area contributed by atoms with Gasteiger partial charge in [0.25, 0.3) is 0 Å². The molecule has 0 aromatic rings. The SMILES string of the molecule is CC=C(Br)Br.NC(CO)(CO)CO. The number of allylic oxidation sites excluding steroid dienone is 1. The Balaban J connectivity index is 0. The van der Waals surface area contributed by atoms with Gasteiger partial charge in [0, 0.05) is 0 Å². The number of hydrogen-bond donors (Lipinski definition) is 4. The Morgan fingerprint density at radius 2 is 1.46 bits per heavy atom. The standard InChI is InChI=1S/C4H11NO3.C3H4Br2/c5-4(1-6,2-7)3-8;1-2-3(4)5/h6-8H,1-3,5H2;2H,1H3.